The normalized spacial score (nSPS) is 10.9. The molecule has 0 saturated heterocycles. The standard InChI is InChI=1S/C41H38N2O3/c44-38(24-25-39(45)46)42-28-10-11-29-43-30-26-33(27-31-43)19-18-32-20-22-37(23-21-32)41(36-16-8-3-9-17-36)40(34-12-4-1-5-13-34)35-14-6-2-7-15-35/h1-9,12-23,26-27,30-31H,10-11,24-25,28-29H2,(H-,42,44,45,46)/p+1/b19-18+. The van der Waals surface area contributed by atoms with Crippen molar-refractivity contribution in [1.82, 2.24) is 5.32 Å². The molecule has 1 heterocycles. The van der Waals surface area contributed by atoms with Crippen LogP contribution in [0, 0.1) is 0 Å². The topological polar surface area (TPSA) is 70.3 Å². The highest BCUT2D eigenvalue weighted by atomic mass is 16.4. The van der Waals surface area contributed by atoms with Gasteiger partial charge in [-0.2, -0.15) is 0 Å². The number of carbonyl (C=O) groups is 2. The highest BCUT2D eigenvalue weighted by Gasteiger charge is 2.16. The monoisotopic (exact) mass is 607 g/mol. The number of aromatic nitrogens is 1. The molecule has 0 saturated carbocycles. The van der Waals surface area contributed by atoms with Gasteiger partial charge in [0.15, 0.2) is 12.4 Å². The lowest BCUT2D eigenvalue weighted by Gasteiger charge is -2.18. The Morgan fingerprint density at radius 1 is 0.565 bits per heavy atom. The minimum absolute atomic E-state index is 0.0262. The van der Waals surface area contributed by atoms with Gasteiger partial charge in [-0.15, -0.1) is 0 Å². The summed E-state index contributed by atoms with van der Waals surface area (Å²) in [6.07, 6.45) is 10.0. The predicted octanol–water partition coefficient (Wildman–Crippen LogP) is 7.91. The van der Waals surface area contributed by atoms with E-state index in [1.165, 1.54) is 27.8 Å². The zero-order valence-corrected chi connectivity index (χ0v) is 25.9. The quantitative estimate of drug-likeness (QED) is 0.0766. The van der Waals surface area contributed by atoms with Crippen LogP contribution >= 0.6 is 0 Å². The van der Waals surface area contributed by atoms with Crippen molar-refractivity contribution in [3.05, 3.63) is 173 Å². The van der Waals surface area contributed by atoms with Crippen molar-refractivity contribution in [2.45, 2.75) is 32.2 Å². The van der Waals surface area contributed by atoms with Crippen molar-refractivity contribution in [2.75, 3.05) is 6.54 Å². The number of nitrogens with zero attached hydrogens (tertiary/aromatic N) is 1. The Labute approximate surface area is 271 Å². The molecular weight excluding hydrogens is 568 g/mol. The van der Waals surface area contributed by atoms with Crippen LogP contribution in [-0.4, -0.2) is 23.5 Å². The van der Waals surface area contributed by atoms with E-state index < -0.39 is 5.97 Å². The van der Waals surface area contributed by atoms with Gasteiger partial charge in [0, 0.05) is 31.5 Å². The lowest BCUT2D eigenvalue weighted by molar-refractivity contribution is -0.697. The summed E-state index contributed by atoms with van der Waals surface area (Å²) in [5, 5.41) is 11.4. The number of nitrogens with one attached hydrogen (secondary N) is 1. The first-order valence-electron chi connectivity index (χ1n) is 15.7. The first-order chi connectivity index (χ1) is 22.6. The minimum Gasteiger partial charge on any atom is -0.481 e. The first kappa shape index (κ1) is 31.9. The van der Waals surface area contributed by atoms with E-state index in [4.69, 9.17) is 5.11 Å². The maximum Gasteiger partial charge on any atom is 0.303 e. The Morgan fingerprint density at radius 3 is 1.50 bits per heavy atom. The number of carboxylic acids is 1. The Balaban J connectivity index is 1.27. The lowest BCUT2D eigenvalue weighted by atomic mass is 9.85. The molecule has 0 fully saturated rings. The summed E-state index contributed by atoms with van der Waals surface area (Å²) in [5.41, 5.74) is 9.33. The van der Waals surface area contributed by atoms with Crippen LogP contribution in [0.1, 0.15) is 59.1 Å². The maximum atomic E-state index is 11.6. The van der Waals surface area contributed by atoms with E-state index in [1.54, 1.807) is 0 Å². The van der Waals surface area contributed by atoms with Crippen LogP contribution in [0.2, 0.25) is 0 Å². The molecule has 46 heavy (non-hydrogen) atoms. The highest BCUT2D eigenvalue weighted by Crippen LogP contribution is 2.36. The molecule has 0 radical (unpaired) electrons. The van der Waals surface area contributed by atoms with Crippen molar-refractivity contribution >= 4 is 35.2 Å². The molecule has 1 amide bonds. The van der Waals surface area contributed by atoms with E-state index in [2.05, 4.69) is 162 Å². The number of benzene rings is 4. The maximum absolute atomic E-state index is 11.6. The number of aryl methyl sites for hydroxylation is 1. The summed E-state index contributed by atoms with van der Waals surface area (Å²) >= 11 is 0. The second-order valence-electron chi connectivity index (χ2n) is 11.1. The minimum atomic E-state index is -0.954. The molecule has 0 aliphatic carbocycles. The average Bonchev–Trinajstić information content (AvgIpc) is 3.10. The van der Waals surface area contributed by atoms with Gasteiger partial charge < -0.3 is 10.4 Å². The molecule has 5 rings (SSSR count). The van der Waals surface area contributed by atoms with Crippen molar-refractivity contribution < 1.29 is 19.3 Å². The van der Waals surface area contributed by atoms with Gasteiger partial charge in [0.25, 0.3) is 0 Å². The smallest absolute Gasteiger partial charge is 0.303 e. The Morgan fingerprint density at radius 2 is 1.02 bits per heavy atom. The summed E-state index contributed by atoms with van der Waals surface area (Å²) < 4.78 is 2.13. The summed E-state index contributed by atoms with van der Waals surface area (Å²) in [5.74, 6) is -1.16. The van der Waals surface area contributed by atoms with E-state index in [0.717, 1.165) is 36.1 Å². The van der Waals surface area contributed by atoms with Crippen molar-refractivity contribution in [2.24, 2.45) is 0 Å². The third-order valence-corrected chi connectivity index (χ3v) is 7.75. The molecule has 2 N–H and O–H groups in total. The molecule has 1 aromatic heterocycles. The van der Waals surface area contributed by atoms with Gasteiger partial charge in [0.1, 0.15) is 6.54 Å². The molecule has 0 unspecified atom stereocenters. The van der Waals surface area contributed by atoms with Crippen LogP contribution in [0.4, 0.5) is 0 Å². The molecule has 5 heteroatoms. The Kier molecular flexibility index (Phi) is 11.4. The number of amides is 1. The van der Waals surface area contributed by atoms with Gasteiger partial charge in [-0.05, 0) is 50.9 Å². The molecule has 5 nitrogen and oxygen atoms in total. The fourth-order valence-corrected chi connectivity index (χ4v) is 5.36. The van der Waals surface area contributed by atoms with Crippen molar-refractivity contribution in [1.29, 1.82) is 0 Å². The van der Waals surface area contributed by atoms with Crippen LogP contribution in [0.3, 0.4) is 0 Å². The van der Waals surface area contributed by atoms with Crippen LogP contribution in [-0.2, 0) is 16.1 Å². The van der Waals surface area contributed by atoms with Gasteiger partial charge in [-0.25, -0.2) is 4.57 Å². The third-order valence-electron chi connectivity index (χ3n) is 7.75. The largest absolute Gasteiger partial charge is 0.481 e. The molecule has 0 atom stereocenters. The Bertz CT molecular complexity index is 1720. The van der Waals surface area contributed by atoms with E-state index in [1.807, 2.05) is 0 Å². The van der Waals surface area contributed by atoms with Crippen LogP contribution in [0.25, 0.3) is 23.3 Å². The van der Waals surface area contributed by atoms with E-state index in [0.29, 0.717) is 6.54 Å². The molecule has 0 aliphatic heterocycles. The van der Waals surface area contributed by atoms with Gasteiger partial charge in [-0.1, -0.05) is 127 Å². The van der Waals surface area contributed by atoms with Crippen molar-refractivity contribution in [3.63, 3.8) is 0 Å². The number of aliphatic carboxylic acids is 1. The molecule has 4 aromatic carbocycles. The molecule has 0 spiro atoms. The highest BCUT2D eigenvalue weighted by molar-refractivity contribution is 6.04. The van der Waals surface area contributed by atoms with Crippen LogP contribution in [0.15, 0.2) is 140 Å². The second kappa shape index (κ2) is 16.5. The average molecular weight is 608 g/mol. The molecule has 0 aliphatic rings. The van der Waals surface area contributed by atoms with Gasteiger partial charge >= 0.3 is 5.97 Å². The van der Waals surface area contributed by atoms with Crippen molar-refractivity contribution in [3.8, 4) is 0 Å². The lowest BCUT2D eigenvalue weighted by Crippen LogP contribution is -2.33. The summed E-state index contributed by atoms with van der Waals surface area (Å²) in [7, 11) is 0. The molecular formula is C41H39N2O3+. The summed E-state index contributed by atoms with van der Waals surface area (Å²) in [6, 6.07) is 44.8. The first-order valence-corrected chi connectivity index (χ1v) is 15.7. The SMILES string of the molecule is O=C(O)CCC(=O)NCCCC[n+]1ccc(/C=C/c2ccc(C(=C(c3ccccc3)c3ccccc3)c3ccccc3)cc2)cc1. The molecule has 5 aromatic rings. The van der Waals surface area contributed by atoms with Gasteiger partial charge in [-0.3, -0.25) is 9.59 Å². The van der Waals surface area contributed by atoms with Crippen LogP contribution in [0.5, 0.6) is 0 Å². The van der Waals surface area contributed by atoms with Crippen LogP contribution < -0.4 is 9.88 Å². The van der Waals surface area contributed by atoms with Gasteiger partial charge in [0.05, 0.1) is 6.42 Å². The second-order valence-corrected chi connectivity index (χ2v) is 11.1. The van der Waals surface area contributed by atoms with Gasteiger partial charge in [0.2, 0.25) is 5.91 Å². The summed E-state index contributed by atoms with van der Waals surface area (Å²) in [6.45, 7) is 1.41. The fraction of sp³-hybridized carbons (Fsp3) is 0.146. The zero-order valence-electron chi connectivity index (χ0n) is 25.9. The molecule has 0 bridgehead atoms. The third kappa shape index (κ3) is 9.23. The number of unbranched alkanes of at least 4 members (excludes halogenated alkanes) is 1. The molecule has 230 valence electrons. The van der Waals surface area contributed by atoms with E-state index >= 15 is 0 Å². The van der Waals surface area contributed by atoms with E-state index in [9.17, 15) is 9.59 Å². The number of rotatable bonds is 14. The number of pyridine rings is 1. The number of carbonyl (C=O) groups excluding carboxylic acids is 1. The van der Waals surface area contributed by atoms with E-state index in [-0.39, 0.29) is 18.7 Å². The zero-order chi connectivity index (χ0) is 32.0. The Hall–Kier alpha value is -5.55. The predicted molar refractivity (Wildman–Crippen MR) is 185 cm³/mol. The number of hydrogen-bond acceptors (Lipinski definition) is 2. The number of carboxylic acid groups (broad SMARTS) is 1. The number of hydrogen-bond donors (Lipinski definition) is 2. The summed E-state index contributed by atoms with van der Waals surface area (Å²) in [4.78, 5) is 22.2. The fourth-order valence-electron chi connectivity index (χ4n) is 5.36.